The molecule has 0 fully saturated rings. The molecule has 0 atom stereocenters. The normalized spacial score (nSPS) is 10.7. The molecule has 0 amide bonds. The summed E-state index contributed by atoms with van der Waals surface area (Å²) in [4.78, 5) is 23.1. The van der Waals surface area contributed by atoms with Gasteiger partial charge in [-0.05, 0) is 11.6 Å². The fraction of sp³-hybridized carbons (Fsp3) is 0.0667. The van der Waals surface area contributed by atoms with E-state index in [2.05, 4.69) is 0 Å². The zero-order chi connectivity index (χ0) is 14.4. The summed E-state index contributed by atoms with van der Waals surface area (Å²) in [6.07, 6.45) is 3.79. The molecule has 0 aliphatic carbocycles. The van der Waals surface area contributed by atoms with Crippen molar-refractivity contribution < 1.29 is 19.1 Å². The Morgan fingerprint density at radius 2 is 2.05 bits per heavy atom. The van der Waals surface area contributed by atoms with Gasteiger partial charge < -0.3 is 14.3 Å². The first-order valence-electron chi connectivity index (χ1n) is 5.86. The number of aliphatic hydroxyl groups is 1. The maximum Gasteiger partial charge on any atom is 0.336 e. The quantitative estimate of drug-likeness (QED) is 0.677. The highest BCUT2D eigenvalue weighted by Gasteiger charge is 2.07. The summed E-state index contributed by atoms with van der Waals surface area (Å²) >= 11 is 0. The standard InChI is InChI=1S/C15H12O5/c16-9-12-8-13(17)14(10-19-12)20-15(18)7-6-11-4-2-1-3-5-11/h1-8,10,16H,9H2. The van der Waals surface area contributed by atoms with Crippen molar-refractivity contribution in [2.75, 3.05) is 0 Å². The lowest BCUT2D eigenvalue weighted by molar-refractivity contribution is -0.129. The molecule has 102 valence electrons. The highest BCUT2D eigenvalue weighted by Crippen LogP contribution is 2.07. The van der Waals surface area contributed by atoms with Crippen LogP contribution in [0.15, 0.2) is 57.9 Å². The molecule has 1 aromatic carbocycles. The van der Waals surface area contributed by atoms with Crippen molar-refractivity contribution in [1.82, 2.24) is 0 Å². The van der Waals surface area contributed by atoms with Gasteiger partial charge in [0.05, 0.1) is 0 Å². The van der Waals surface area contributed by atoms with Gasteiger partial charge in [0, 0.05) is 12.1 Å². The molecular formula is C15H12O5. The molecule has 0 bridgehead atoms. The van der Waals surface area contributed by atoms with E-state index in [0.29, 0.717) is 0 Å². The molecule has 0 aliphatic heterocycles. The van der Waals surface area contributed by atoms with Crippen LogP contribution < -0.4 is 10.2 Å². The zero-order valence-electron chi connectivity index (χ0n) is 10.5. The van der Waals surface area contributed by atoms with Gasteiger partial charge in [-0.25, -0.2) is 4.79 Å². The van der Waals surface area contributed by atoms with E-state index >= 15 is 0 Å². The Bertz CT molecular complexity index is 670. The third-order valence-electron chi connectivity index (χ3n) is 2.43. The Kier molecular flexibility index (Phi) is 4.47. The van der Waals surface area contributed by atoms with Crippen molar-refractivity contribution in [1.29, 1.82) is 0 Å². The second kappa shape index (κ2) is 6.49. The molecule has 5 heteroatoms. The van der Waals surface area contributed by atoms with Crippen LogP contribution in [0.5, 0.6) is 5.75 Å². The number of ether oxygens (including phenoxy) is 1. The van der Waals surface area contributed by atoms with E-state index in [0.717, 1.165) is 17.9 Å². The van der Waals surface area contributed by atoms with Crippen molar-refractivity contribution in [2.24, 2.45) is 0 Å². The molecule has 1 N–H and O–H groups in total. The highest BCUT2D eigenvalue weighted by atomic mass is 16.5. The number of carbonyl (C=O) groups is 1. The lowest BCUT2D eigenvalue weighted by Crippen LogP contribution is -2.12. The van der Waals surface area contributed by atoms with E-state index in [9.17, 15) is 9.59 Å². The second-order valence-corrected chi connectivity index (χ2v) is 3.90. The number of hydrogen-bond acceptors (Lipinski definition) is 5. The summed E-state index contributed by atoms with van der Waals surface area (Å²) in [5.74, 6) is -0.794. The maximum atomic E-state index is 11.6. The first-order chi connectivity index (χ1) is 9.69. The smallest absolute Gasteiger partial charge is 0.336 e. The summed E-state index contributed by atoms with van der Waals surface area (Å²) in [6, 6.07) is 10.3. The summed E-state index contributed by atoms with van der Waals surface area (Å²) in [6.45, 7) is -0.391. The predicted molar refractivity (Wildman–Crippen MR) is 72.0 cm³/mol. The number of benzene rings is 1. The lowest BCUT2D eigenvalue weighted by Gasteiger charge is -2.00. The van der Waals surface area contributed by atoms with Gasteiger partial charge in [-0.15, -0.1) is 0 Å². The van der Waals surface area contributed by atoms with E-state index in [-0.39, 0.29) is 11.5 Å². The third-order valence-corrected chi connectivity index (χ3v) is 2.43. The average molecular weight is 272 g/mol. The number of esters is 1. The van der Waals surface area contributed by atoms with Crippen LogP contribution in [0.3, 0.4) is 0 Å². The largest absolute Gasteiger partial charge is 0.463 e. The van der Waals surface area contributed by atoms with Gasteiger partial charge in [0.25, 0.3) is 0 Å². The first kappa shape index (κ1) is 13.8. The van der Waals surface area contributed by atoms with Crippen LogP contribution in [0, 0.1) is 0 Å². The highest BCUT2D eigenvalue weighted by molar-refractivity contribution is 5.88. The molecule has 0 saturated carbocycles. The van der Waals surface area contributed by atoms with Crippen molar-refractivity contribution in [2.45, 2.75) is 6.61 Å². The van der Waals surface area contributed by atoms with Gasteiger partial charge in [0.2, 0.25) is 11.2 Å². The minimum absolute atomic E-state index is 0.106. The second-order valence-electron chi connectivity index (χ2n) is 3.90. The van der Waals surface area contributed by atoms with Crippen molar-refractivity contribution in [3.63, 3.8) is 0 Å². The molecule has 1 heterocycles. The minimum Gasteiger partial charge on any atom is -0.463 e. The zero-order valence-corrected chi connectivity index (χ0v) is 10.5. The average Bonchev–Trinajstić information content (AvgIpc) is 2.48. The molecule has 5 nitrogen and oxygen atoms in total. The van der Waals surface area contributed by atoms with Crippen LogP contribution in [0.25, 0.3) is 6.08 Å². The molecule has 20 heavy (non-hydrogen) atoms. The number of aliphatic hydroxyl groups excluding tert-OH is 1. The van der Waals surface area contributed by atoms with Gasteiger partial charge in [-0.2, -0.15) is 0 Å². The maximum absolute atomic E-state index is 11.6. The monoisotopic (exact) mass is 272 g/mol. The Hall–Kier alpha value is -2.66. The fourth-order valence-electron chi connectivity index (χ4n) is 1.47. The summed E-state index contributed by atoms with van der Waals surface area (Å²) in [5.41, 5.74) is 0.314. The van der Waals surface area contributed by atoms with E-state index in [1.54, 1.807) is 6.08 Å². The van der Waals surface area contributed by atoms with Crippen LogP contribution in [-0.4, -0.2) is 11.1 Å². The minimum atomic E-state index is -0.682. The van der Waals surface area contributed by atoms with E-state index in [1.165, 1.54) is 6.08 Å². The summed E-state index contributed by atoms with van der Waals surface area (Å²) in [5, 5.41) is 8.79. The van der Waals surface area contributed by atoms with Crippen LogP contribution in [0.4, 0.5) is 0 Å². The molecule has 0 aliphatic rings. The third kappa shape index (κ3) is 3.66. The Morgan fingerprint density at radius 1 is 1.30 bits per heavy atom. The SMILES string of the molecule is O=C(C=Cc1ccccc1)Oc1coc(CO)cc1=O. The summed E-state index contributed by atoms with van der Waals surface area (Å²) in [7, 11) is 0. The molecule has 0 unspecified atom stereocenters. The molecule has 0 saturated heterocycles. The molecule has 0 radical (unpaired) electrons. The Labute approximate surface area is 114 Å². The Morgan fingerprint density at radius 3 is 2.70 bits per heavy atom. The van der Waals surface area contributed by atoms with Gasteiger partial charge in [0.1, 0.15) is 18.6 Å². The molecular weight excluding hydrogens is 260 g/mol. The van der Waals surface area contributed by atoms with Crippen LogP contribution >= 0.6 is 0 Å². The van der Waals surface area contributed by atoms with Crippen LogP contribution in [-0.2, 0) is 11.4 Å². The van der Waals surface area contributed by atoms with Gasteiger partial charge in [-0.3, -0.25) is 4.79 Å². The van der Waals surface area contributed by atoms with Crippen molar-refractivity contribution in [3.05, 3.63) is 70.3 Å². The molecule has 0 spiro atoms. The number of rotatable bonds is 4. The molecule has 2 rings (SSSR count). The molecule has 1 aromatic heterocycles. The topological polar surface area (TPSA) is 76.7 Å². The van der Waals surface area contributed by atoms with Crippen LogP contribution in [0.1, 0.15) is 11.3 Å². The van der Waals surface area contributed by atoms with Gasteiger partial charge >= 0.3 is 5.97 Å². The lowest BCUT2D eigenvalue weighted by atomic mass is 10.2. The van der Waals surface area contributed by atoms with Crippen molar-refractivity contribution in [3.8, 4) is 5.75 Å². The van der Waals surface area contributed by atoms with E-state index in [1.807, 2.05) is 30.3 Å². The Balaban J connectivity index is 2.05. The fourth-order valence-corrected chi connectivity index (χ4v) is 1.47. The van der Waals surface area contributed by atoms with E-state index in [4.69, 9.17) is 14.3 Å². The first-order valence-corrected chi connectivity index (χ1v) is 5.86. The van der Waals surface area contributed by atoms with Crippen LogP contribution in [0.2, 0.25) is 0 Å². The summed E-state index contributed by atoms with van der Waals surface area (Å²) < 4.78 is 9.75. The van der Waals surface area contributed by atoms with Crippen molar-refractivity contribution >= 4 is 12.0 Å². The van der Waals surface area contributed by atoms with Gasteiger partial charge in [0.15, 0.2) is 0 Å². The predicted octanol–water partition coefficient (Wildman–Crippen LogP) is 1.75. The molecule has 2 aromatic rings. The van der Waals surface area contributed by atoms with Gasteiger partial charge in [-0.1, -0.05) is 30.3 Å². The number of carbonyl (C=O) groups excluding carboxylic acids is 1. The number of hydrogen-bond donors (Lipinski definition) is 1. The van der Waals surface area contributed by atoms with E-state index < -0.39 is 18.0 Å².